The minimum atomic E-state index is -0.0377. The number of fused-ring (bicyclic) bond motifs is 1. The van der Waals surface area contributed by atoms with Crippen molar-refractivity contribution in [3.8, 4) is 0 Å². The topological polar surface area (TPSA) is 54.5 Å². The fourth-order valence-electron chi connectivity index (χ4n) is 4.33. The zero-order valence-electron chi connectivity index (χ0n) is 19.7. The Bertz CT molecular complexity index is 1100. The fraction of sp³-hybridized carbons (Fsp3) is 0.520. The Labute approximate surface area is 184 Å². The summed E-state index contributed by atoms with van der Waals surface area (Å²) in [6, 6.07) is 6.10. The minimum Gasteiger partial charge on any atom is -0.444 e. The zero-order valence-corrected chi connectivity index (χ0v) is 19.7. The molecule has 0 bridgehead atoms. The molecule has 1 saturated heterocycles. The van der Waals surface area contributed by atoms with Gasteiger partial charge in [-0.1, -0.05) is 20.8 Å². The Balaban J connectivity index is 1.44. The maximum atomic E-state index is 13.2. The third kappa shape index (κ3) is 4.26. The molecule has 0 radical (unpaired) electrons. The van der Waals surface area contributed by atoms with Crippen LogP contribution in [0, 0.1) is 13.8 Å². The lowest BCUT2D eigenvalue weighted by Crippen LogP contribution is -2.35. The summed E-state index contributed by atoms with van der Waals surface area (Å²) < 4.78 is 8.15. The van der Waals surface area contributed by atoms with Crippen LogP contribution in [0.3, 0.4) is 0 Å². The van der Waals surface area contributed by atoms with Gasteiger partial charge >= 0.3 is 0 Å². The molecule has 1 aromatic carbocycles. The Morgan fingerprint density at radius 1 is 1.13 bits per heavy atom. The summed E-state index contributed by atoms with van der Waals surface area (Å²) in [5, 5.41) is 1.17. The van der Waals surface area contributed by atoms with Gasteiger partial charge in [-0.3, -0.25) is 9.69 Å². The van der Waals surface area contributed by atoms with Crippen molar-refractivity contribution in [1.29, 1.82) is 0 Å². The molecule has 0 aliphatic carbocycles. The van der Waals surface area contributed by atoms with Gasteiger partial charge in [0.2, 0.25) is 5.89 Å². The molecule has 2 aromatic heterocycles. The highest BCUT2D eigenvalue weighted by Gasteiger charge is 2.24. The van der Waals surface area contributed by atoms with Crippen LogP contribution in [0.2, 0.25) is 0 Å². The molecule has 1 aliphatic heterocycles. The van der Waals surface area contributed by atoms with Crippen molar-refractivity contribution in [2.75, 3.05) is 26.2 Å². The van der Waals surface area contributed by atoms with Crippen molar-refractivity contribution < 1.29 is 9.21 Å². The number of aryl methyl sites for hydroxylation is 2. The predicted octanol–water partition coefficient (Wildman–Crippen LogP) is 4.43. The van der Waals surface area contributed by atoms with Crippen LogP contribution in [0.1, 0.15) is 60.5 Å². The second-order valence-electron chi connectivity index (χ2n) is 9.79. The Hall–Kier alpha value is -2.60. The van der Waals surface area contributed by atoms with Gasteiger partial charge in [-0.25, -0.2) is 4.98 Å². The van der Waals surface area contributed by atoms with Crippen molar-refractivity contribution in [3.05, 3.63) is 52.9 Å². The van der Waals surface area contributed by atoms with E-state index in [0.717, 1.165) is 49.8 Å². The van der Waals surface area contributed by atoms with E-state index in [9.17, 15) is 4.79 Å². The number of nitrogens with zero attached hydrogens (tertiary/aromatic N) is 4. The molecule has 6 nitrogen and oxygen atoms in total. The van der Waals surface area contributed by atoms with Gasteiger partial charge in [0.25, 0.3) is 5.91 Å². The molecule has 31 heavy (non-hydrogen) atoms. The van der Waals surface area contributed by atoms with Gasteiger partial charge in [0.15, 0.2) is 0 Å². The summed E-state index contributed by atoms with van der Waals surface area (Å²) in [5.74, 6) is 1.79. The normalized spacial score (nSPS) is 16.1. The van der Waals surface area contributed by atoms with Gasteiger partial charge in [-0.2, -0.15) is 0 Å². The average Bonchev–Trinajstić information content (AvgIpc) is 3.19. The van der Waals surface area contributed by atoms with Crippen LogP contribution in [0.25, 0.3) is 10.9 Å². The van der Waals surface area contributed by atoms with Crippen molar-refractivity contribution in [1.82, 2.24) is 19.4 Å². The van der Waals surface area contributed by atoms with Gasteiger partial charge in [-0.15, -0.1) is 0 Å². The number of carbonyl (C=O) groups is 1. The molecule has 3 aromatic rings. The Morgan fingerprint density at radius 3 is 2.61 bits per heavy atom. The second kappa shape index (κ2) is 8.15. The molecule has 1 aliphatic rings. The van der Waals surface area contributed by atoms with E-state index in [0.29, 0.717) is 6.54 Å². The highest BCUT2D eigenvalue weighted by Crippen LogP contribution is 2.26. The van der Waals surface area contributed by atoms with E-state index in [1.807, 2.05) is 17.2 Å². The molecule has 3 heterocycles. The lowest BCUT2D eigenvalue weighted by atomic mass is 9.94. The zero-order chi connectivity index (χ0) is 22.3. The third-order valence-corrected chi connectivity index (χ3v) is 6.58. The number of rotatable bonds is 3. The molecule has 0 saturated carbocycles. The molecule has 166 valence electrons. The van der Waals surface area contributed by atoms with E-state index in [1.54, 1.807) is 0 Å². The van der Waals surface area contributed by atoms with Crippen molar-refractivity contribution in [2.24, 2.45) is 7.05 Å². The fourth-order valence-corrected chi connectivity index (χ4v) is 4.33. The molecule has 4 rings (SSSR count). The lowest BCUT2D eigenvalue weighted by Gasteiger charge is -2.21. The van der Waals surface area contributed by atoms with Crippen LogP contribution in [-0.4, -0.2) is 51.4 Å². The molecule has 0 spiro atoms. The predicted molar refractivity (Wildman–Crippen MR) is 123 cm³/mol. The molecule has 6 heteroatoms. The third-order valence-electron chi connectivity index (χ3n) is 6.58. The van der Waals surface area contributed by atoms with E-state index >= 15 is 0 Å². The number of hydrogen-bond donors (Lipinski definition) is 0. The molecule has 1 fully saturated rings. The van der Waals surface area contributed by atoms with Crippen LogP contribution in [0.5, 0.6) is 0 Å². The highest BCUT2D eigenvalue weighted by molar-refractivity contribution is 5.99. The first-order chi connectivity index (χ1) is 14.6. The molecular weight excluding hydrogens is 388 g/mol. The maximum Gasteiger partial charge on any atom is 0.253 e. The van der Waals surface area contributed by atoms with E-state index in [4.69, 9.17) is 4.42 Å². The van der Waals surface area contributed by atoms with Gasteiger partial charge in [0.1, 0.15) is 5.76 Å². The van der Waals surface area contributed by atoms with Gasteiger partial charge in [0, 0.05) is 60.8 Å². The molecular formula is C25H34N4O2. The summed E-state index contributed by atoms with van der Waals surface area (Å²) in [6.45, 7) is 14.6. The van der Waals surface area contributed by atoms with E-state index in [2.05, 4.69) is 68.3 Å². The summed E-state index contributed by atoms with van der Waals surface area (Å²) in [7, 11) is 2.08. The summed E-state index contributed by atoms with van der Waals surface area (Å²) in [6.07, 6.45) is 2.79. The lowest BCUT2D eigenvalue weighted by molar-refractivity contribution is 0.0761. The molecule has 0 unspecified atom stereocenters. The van der Waals surface area contributed by atoms with E-state index in [1.165, 1.54) is 22.2 Å². The maximum absolute atomic E-state index is 13.2. The van der Waals surface area contributed by atoms with Crippen molar-refractivity contribution in [3.63, 3.8) is 0 Å². The largest absolute Gasteiger partial charge is 0.444 e. The first-order valence-electron chi connectivity index (χ1n) is 11.2. The van der Waals surface area contributed by atoms with Crippen LogP contribution in [-0.2, 0) is 19.0 Å². The van der Waals surface area contributed by atoms with E-state index < -0.39 is 0 Å². The van der Waals surface area contributed by atoms with Crippen LogP contribution >= 0.6 is 0 Å². The number of aromatic nitrogens is 2. The van der Waals surface area contributed by atoms with Crippen LogP contribution < -0.4 is 0 Å². The first kappa shape index (κ1) is 21.6. The number of hydrogen-bond acceptors (Lipinski definition) is 4. The van der Waals surface area contributed by atoms with Gasteiger partial charge in [0.05, 0.1) is 12.7 Å². The Morgan fingerprint density at radius 2 is 1.90 bits per heavy atom. The summed E-state index contributed by atoms with van der Waals surface area (Å²) >= 11 is 0. The van der Waals surface area contributed by atoms with Crippen molar-refractivity contribution >= 4 is 16.8 Å². The van der Waals surface area contributed by atoms with Crippen molar-refractivity contribution in [2.45, 2.75) is 53.0 Å². The average molecular weight is 423 g/mol. The number of benzene rings is 1. The monoisotopic (exact) mass is 422 g/mol. The quantitative estimate of drug-likeness (QED) is 0.627. The van der Waals surface area contributed by atoms with Crippen LogP contribution in [0.4, 0.5) is 0 Å². The smallest absolute Gasteiger partial charge is 0.253 e. The first-order valence-corrected chi connectivity index (χ1v) is 11.2. The van der Waals surface area contributed by atoms with Gasteiger partial charge < -0.3 is 13.9 Å². The van der Waals surface area contributed by atoms with Crippen LogP contribution in [0.15, 0.2) is 28.8 Å². The summed E-state index contributed by atoms with van der Waals surface area (Å²) in [5.41, 5.74) is 4.40. The highest BCUT2D eigenvalue weighted by atomic mass is 16.4. The standard InChI is InChI=1S/C25H34N4O2/c1-17-18(2)27(6)21-9-8-19(14-20(17)21)24(30)29-11-7-10-28(12-13-29)16-23-26-15-22(31-23)25(3,4)5/h8-9,14-15H,7,10-13,16H2,1-6H3. The molecule has 0 atom stereocenters. The molecule has 0 N–H and O–H groups in total. The number of oxazole rings is 1. The molecule has 1 amide bonds. The number of carbonyl (C=O) groups excluding carboxylic acids is 1. The number of amides is 1. The summed E-state index contributed by atoms with van der Waals surface area (Å²) in [4.78, 5) is 22.0. The SMILES string of the molecule is Cc1c(C)n(C)c2ccc(C(=O)N3CCCN(Cc4ncc(C(C)(C)C)o4)CC3)cc12. The van der Waals surface area contributed by atoms with Gasteiger partial charge in [-0.05, 0) is 44.0 Å². The minimum absolute atomic E-state index is 0.0377. The van der Waals surface area contributed by atoms with E-state index in [-0.39, 0.29) is 11.3 Å². The Kier molecular flexibility index (Phi) is 5.69. The second-order valence-corrected chi connectivity index (χ2v) is 9.79.